The fourth-order valence-electron chi connectivity index (χ4n) is 2.26. The Hall–Kier alpha value is -2.20. The number of rotatable bonds is 8. The van der Waals surface area contributed by atoms with Crippen LogP contribution >= 0.6 is 11.8 Å². The Morgan fingerprint density at radius 3 is 2.25 bits per heavy atom. The molecule has 1 unspecified atom stereocenters. The molecule has 5 nitrogen and oxygen atoms in total. The van der Waals surface area contributed by atoms with E-state index in [2.05, 4.69) is 14.6 Å². The van der Waals surface area contributed by atoms with Gasteiger partial charge in [-0.05, 0) is 24.6 Å². The first-order valence-electron chi connectivity index (χ1n) is 8.17. The molecule has 1 N–H and O–H groups in total. The third-order valence-corrected chi connectivity index (χ3v) is 4.75. The number of aryl methyl sites for hydroxylation is 1. The van der Waals surface area contributed by atoms with Crippen LogP contribution in [-0.4, -0.2) is 45.6 Å². The SMILES string of the molecule is Cc1cc(F)c(-n2nc(OC(F)(F)C(F)OC(F)(F)F)cc2CO)cc1SCC(F)(F)F. The Bertz CT molecular complexity index is 945. The number of ether oxygens (including phenoxy) is 2. The van der Waals surface area contributed by atoms with Crippen LogP contribution in [0.5, 0.6) is 5.88 Å². The molecular weight excluding hydrogens is 490 g/mol. The lowest BCUT2D eigenvalue weighted by atomic mass is 10.2. The van der Waals surface area contributed by atoms with Crippen LogP contribution in [0.1, 0.15) is 11.3 Å². The van der Waals surface area contributed by atoms with E-state index in [1.165, 1.54) is 6.92 Å². The number of hydrogen-bond donors (Lipinski definition) is 1. The number of benzene rings is 1. The van der Waals surface area contributed by atoms with E-state index in [4.69, 9.17) is 0 Å². The van der Waals surface area contributed by atoms with Gasteiger partial charge in [-0.25, -0.2) is 18.2 Å². The zero-order valence-electron chi connectivity index (χ0n) is 15.6. The van der Waals surface area contributed by atoms with Gasteiger partial charge in [-0.2, -0.15) is 22.0 Å². The molecule has 0 spiro atoms. The molecule has 180 valence electrons. The van der Waals surface area contributed by atoms with Crippen LogP contribution in [0.25, 0.3) is 5.69 Å². The van der Waals surface area contributed by atoms with Gasteiger partial charge in [0.2, 0.25) is 5.88 Å². The Kier molecular flexibility index (Phi) is 7.61. The van der Waals surface area contributed by atoms with Crippen molar-refractivity contribution in [3.8, 4) is 11.6 Å². The summed E-state index contributed by atoms with van der Waals surface area (Å²) in [6, 6.07) is 2.25. The van der Waals surface area contributed by atoms with E-state index < -0.39 is 60.4 Å². The van der Waals surface area contributed by atoms with Crippen molar-refractivity contribution < 1.29 is 58.5 Å². The number of nitrogens with zero attached hydrogens (tertiary/aromatic N) is 2. The van der Waals surface area contributed by atoms with Crippen molar-refractivity contribution in [3.05, 3.63) is 35.3 Å². The average Bonchev–Trinajstić information content (AvgIpc) is 3.00. The molecule has 1 atom stereocenters. The molecule has 1 heterocycles. The van der Waals surface area contributed by atoms with Crippen molar-refractivity contribution in [2.45, 2.75) is 43.4 Å². The third kappa shape index (κ3) is 6.90. The van der Waals surface area contributed by atoms with Crippen LogP contribution in [0, 0.1) is 12.7 Å². The number of halogens is 10. The first-order valence-corrected chi connectivity index (χ1v) is 9.16. The van der Waals surface area contributed by atoms with E-state index in [1.54, 1.807) is 0 Å². The molecule has 0 bridgehead atoms. The molecule has 0 aliphatic heterocycles. The lowest BCUT2D eigenvalue weighted by molar-refractivity contribution is -0.411. The molecule has 0 saturated carbocycles. The van der Waals surface area contributed by atoms with Crippen molar-refractivity contribution in [3.63, 3.8) is 0 Å². The highest BCUT2D eigenvalue weighted by Crippen LogP contribution is 2.34. The van der Waals surface area contributed by atoms with Gasteiger partial charge in [0.15, 0.2) is 0 Å². The molecule has 1 aromatic heterocycles. The van der Waals surface area contributed by atoms with Crippen molar-refractivity contribution in [1.29, 1.82) is 0 Å². The van der Waals surface area contributed by atoms with Crippen molar-refractivity contribution in [2.24, 2.45) is 0 Å². The molecule has 2 rings (SSSR count). The molecule has 0 saturated heterocycles. The number of thioether (sulfide) groups is 1. The molecule has 16 heteroatoms. The van der Waals surface area contributed by atoms with Crippen LogP contribution in [0.2, 0.25) is 0 Å². The van der Waals surface area contributed by atoms with Gasteiger partial charge >= 0.3 is 25.0 Å². The summed E-state index contributed by atoms with van der Waals surface area (Å²) in [4.78, 5) is -0.0617. The lowest BCUT2D eigenvalue weighted by Gasteiger charge is -2.20. The summed E-state index contributed by atoms with van der Waals surface area (Å²) in [5.74, 6) is -3.64. The van der Waals surface area contributed by atoms with Crippen LogP contribution in [0.15, 0.2) is 23.1 Å². The maximum atomic E-state index is 14.4. The van der Waals surface area contributed by atoms with Crippen molar-refractivity contribution in [1.82, 2.24) is 9.78 Å². The van der Waals surface area contributed by atoms with Crippen LogP contribution in [0.4, 0.5) is 43.9 Å². The van der Waals surface area contributed by atoms with Gasteiger partial charge < -0.3 is 9.84 Å². The highest BCUT2D eigenvalue weighted by atomic mass is 32.2. The molecule has 1 aromatic carbocycles. The van der Waals surface area contributed by atoms with Gasteiger partial charge in [0.05, 0.1) is 18.1 Å². The average molecular weight is 502 g/mol. The molecular formula is C16H12F10N2O3S. The van der Waals surface area contributed by atoms with Crippen LogP contribution < -0.4 is 4.74 Å². The summed E-state index contributed by atoms with van der Waals surface area (Å²) in [7, 11) is 0. The fraction of sp³-hybridized carbons (Fsp3) is 0.438. The Morgan fingerprint density at radius 2 is 1.72 bits per heavy atom. The predicted octanol–water partition coefficient (Wildman–Crippen LogP) is 5.27. The monoisotopic (exact) mass is 502 g/mol. The Balaban J connectivity index is 2.37. The zero-order valence-corrected chi connectivity index (χ0v) is 16.4. The van der Waals surface area contributed by atoms with Gasteiger partial charge in [0.1, 0.15) is 11.5 Å². The second kappa shape index (κ2) is 9.35. The quantitative estimate of drug-likeness (QED) is 0.394. The van der Waals surface area contributed by atoms with Gasteiger partial charge in [-0.3, -0.25) is 0 Å². The maximum Gasteiger partial charge on any atom is 0.525 e. The maximum absolute atomic E-state index is 14.4. The highest BCUT2D eigenvalue weighted by Gasteiger charge is 2.51. The van der Waals surface area contributed by atoms with Crippen LogP contribution in [0.3, 0.4) is 0 Å². The summed E-state index contributed by atoms with van der Waals surface area (Å²) in [5.41, 5.74) is -0.936. The minimum atomic E-state index is -5.75. The number of hydrogen-bond acceptors (Lipinski definition) is 5. The highest BCUT2D eigenvalue weighted by molar-refractivity contribution is 7.99. The van der Waals surface area contributed by atoms with Gasteiger partial charge in [-0.1, -0.05) is 0 Å². The third-order valence-electron chi connectivity index (χ3n) is 3.53. The molecule has 0 radical (unpaired) electrons. The Labute approximate surface area is 176 Å². The number of aliphatic hydroxyl groups excluding tert-OH is 1. The normalized spacial score (nSPS) is 14.0. The standard InChI is InChI=1S/C16H12F10N2O3S/c1-7-2-9(17)10(4-11(7)32-6-14(19,20)21)28-8(5-29)3-12(27-28)30-15(22,23)13(18)31-16(24,25)26/h2-4,13,29H,5-6H2,1H3. The number of aliphatic hydroxyl groups is 1. The molecule has 0 aliphatic carbocycles. The van der Waals surface area contributed by atoms with E-state index in [9.17, 15) is 49.0 Å². The first-order chi connectivity index (χ1) is 14.5. The minimum Gasteiger partial charge on any atom is -0.409 e. The van der Waals surface area contributed by atoms with Gasteiger partial charge in [0.25, 0.3) is 0 Å². The van der Waals surface area contributed by atoms with E-state index in [0.29, 0.717) is 22.5 Å². The summed E-state index contributed by atoms with van der Waals surface area (Å²) in [6.45, 7) is 0.317. The van der Waals surface area contributed by atoms with E-state index >= 15 is 0 Å². The second-order valence-electron chi connectivity index (χ2n) is 6.06. The summed E-state index contributed by atoms with van der Waals surface area (Å²) in [6.07, 6.45) is -19.8. The fourth-order valence-corrected chi connectivity index (χ4v) is 3.06. The lowest BCUT2D eigenvalue weighted by Crippen LogP contribution is -2.41. The van der Waals surface area contributed by atoms with E-state index in [1.807, 2.05) is 0 Å². The predicted molar refractivity (Wildman–Crippen MR) is 88.6 cm³/mol. The second-order valence-corrected chi connectivity index (χ2v) is 7.08. The molecule has 0 aliphatic rings. The van der Waals surface area contributed by atoms with Crippen molar-refractivity contribution in [2.75, 3.05) is 5.75 Å². The minimum absolute atomic E-state index is 0.0617. The smallest absolute Gasteiger partial charge is 0.409 e. The molecule has 0 fully saturated rings. The Morgan fingerprint density at radius 1 is 1.09 bits per heavy atom. The molecule has 2 aromatic rings. The summed E-state index contributed by atoms with van der Waals surface area (Å²) < 4.78 is 135. The molecule has 0 amide bonds. The molecule has 32 heavy (non-hydrogen) atoms. The topological polar surface area (TPSA) is 56.5 Å². The van der Waals surface area contributed by atoms with Crippen LogP contribution in [-0.2, 0) is 11.3 Å². The largest absolute Gasteiger partial charge is 0.525 e. The van der Waals surface area contributed by atoms with Crippen molar-refractivity contribution >= 4 is 11.8 Å². The van der Waals surface area contributed by atoms with Gasteiger partial charge in [-0.15, -0.1) is 30.0 Å². The first kappa shape index (κ1) is 26.1. The van der Waals surface area contributed by atoms with E-state index in [-0.39, 0.29) is 10.5 Å². The number of alkyl halides is 9. The zero-order chi connectivity index (χ0) is 24.5. The van der Waals surface area contributed by atoms with E-state index in [0.717, 1.165) is 12.1 Å². The van der Waals surface area contributed by atoms with Gasteiger partial charge in [0, 0.05) is 11.0 Å². The summed E-state index contributed by atoms with van der Waals surface area (Å²) in [5, 5.41) is 12.7. The number of aromatic nitrogens is 2. The summed E-state index contributed by atoms with van der Waals surface area (Å²) >= 11 is 0.292.